The highest BCUT2D eigenvalue weighted by Gasteiger charge is 2.06. The van der Waals surface area contributed by atoms with E-state index in [-0.39, 0.29) is 12.5 Å². The predicted molar refractivity (Wildman–Crippen MR) is 97.1 cm³/mol. The Balaban J connectivity index is 1.88. The van der Waals surface area contributed by atoms with Crippen molar-refractivity contribution in [2.24, 2.45) is 0 Å². The van der Waals surface area contributed by atoms with E-state index in [1.54, 1.807) is 30.3 Å². The average molecular weight is 346 g/mol. The molecule has 0 unspecified atom stereocenters. The number of halogens is 1. The van der Waals surface area contributed by atoms with Crippen LogP contribution in [0.5, 0.6) is 11.5 Å². The third-order valence-corrected chi connectivity index (χ3v) is 3.53. The van der Waals surface area contributed by atoms with Gasteiger partial charge in [0.2, 0.25) is 0 Å². The second kappa shape index (κ2) is 8.41. The van der Waals surface area contributed by atoms with Crippen molar-refractivity contribution < 1.29 is 14.3 Å². The van der Waals surface area contributed by atoms with E-state index < -0.39 is 0 Å². The van der Waals surface area contributed by atoms with Crippen LogP contribution in [0, 0.1) is 6.92 Å². The number of amides is 1. The number of hydrogen-bond donors (Lipinski definition) is 1. The fourth-order valence-electron chi connectivity index (χ4n) is 1.92. The van der Waals surface area contributed by atoms with E-state index in [4.69, 9.17) is 21.1 Å². The lowest BCUT2D eigenvalue weighted by atomic mass is 10.2. The van der Waals surface area contributed by atoms with E-state index in [1.165, 1.54) is 0 Å². The van der Waals surface area contributed by atoms with Gasteiger partial charge >= 0.3 is 0 Å². The number of ether oxygens (including phenoxy) is 2. The molecule has 0 fully saturated rings. The average Bonchev–Trinajstić information content (AvgIpc) is 2.54. The van der Waals surface area contributed by atoms with Gasteiger partial charge in [0.05, 0.1) is 0 Å². The van der Waals surface area contributed by atoms with Crippen molar-refractivity contribution in [1.29, 1.82) is 0 Å². The van der Waals surface area contributed by atoms with Crippen molar-refractivity contribution in [3.05, 3.63) is 65.2 Å². The molecule has 0 aliphatic heterocycles. The quantitative estimate of drug-likeness (QED) is 0.745. The van der Waals surface area contributed by atoms with E-state index in [2.05, 4.69) is 11.9 Å². The summed E-state index contributed by atoms with van der Waals surface area (Å²) in [5.41, 5.74) is 2.48. The van der Waals surface area contributed by atoms with Crippen LogP contribution in [-0.2, 0) is 4.79 Å². The molecule has 24 heavy (non-hydrogen) atoms. The number of hydrogen-bond acceptors (Lipinski definition) is 3. The summed E-state index contributed by atoms with van der Waals surface area (Å²) in [5.74, 6) is 1.02. The van der Waals surface area contributed by atoms with Crippen LogP contribution < -0.4 is 14.8 Å². The molecular weight excluding hydrogens is 326 g/mol. The minimum atomic E-state index is -0.250. The van der Waals surface area contributed by atoms with Crippen LogP contribution in [-0.4, -0.2) is 19.1 Å². The van der Waals surface area contributed by atoms with Crippen LogP contribution in [0.3, 0.4) is 0 Å². The molecule has 0 saturated carbocycles. The number of carbonyl (C=O) groups is 1. The van der Waals surface area contributed by atoms with Crippen molar-refractivity contribution in [3.8, 4) is 11.5 Å². The first-order chi connectivity index (χ1) is 11.4. The molecule has 0 aliphatic carbocycles. The van der Waals surface area contributed by atoms with Crippen LogP contribution in [0.2, 0.25) is 5.02 Å². The highest BCUT2D eigenvalue weighted by molar-refractivity contribution is 6.31. The van der Waals surface area contributed by atoms with Gasteiger partial charge in [0.1, 0.15) is 18.1 Å². The minimum absolute atomic E-state index is 0.0854. The summed E-state index contributed by atoms with van der Waals surface area (Å²) in [6.07, 6.45) is 0. The maximum atomic E-state index is 12.0. The molecule has 0 heterocycles. The zero-order valence-electron chi connectivity index (χ0n) is 13.8. The Labute approximate surface area is 147 Å². The van der Waals surface area contributed by atoms with Gasteiger partial charge in [-0.2, -0.15) is 0 Å². The fourth-order valence-corrected chi connectivity index (χ4v) is 2.04. The third-order valence-electron chi connectivity index (χ3n) is 3.10. The van der Waals surface area contributed by atoms with Crippen LogP contribution >= 0.6 is 11.6 Å². The van der Waals surface area contributed by atoms with Gasteiger partial charge in [0.25, 0.3) is 5.91 Å². The topological polar surface area (TPSA) is 47.6 Å². The molecule has 4 nitrogen and oxygen atoms in total. The number of benzene rings is 2. The van der Waals surface area contributed by atoms with Gasteiger partial charge in [-0.15, -0.1) is 0 Å². The van der Waals surface area contributed by atoms with Gasteiger partial charge in [-0.1, -0.05) is 24.2 Å². The van der Waals surface area contributed by atoms with E-state index in [0.29, 0.717) is 28.8 Å². The lowest BCUT2D eigenvalue weighted by Crippen LogP contribution is -2.20. The van der Waals surface area contributed by atoms with E-state index in [1.807, 2.05) is 26.0 Å². The lowest BCUT2D eigenvalue weighted by Gasteiger charge is -2.10. The molecule has 0 saturated heterocycles. The molecule has 2 aromatic carbocycles. The summed E-state index contributed by atoms with van der Waals surface area (Å²) < 4.78 is 11.0. The predicted octanol–water partition coefficient (Wildman–Crippen LogP) is 4.62. The Morgan fingerprint density at radius 1 is 1.12 bits per heavy atom. The second-order valence-electron chi connectivity index (χ2n) is 5.52. The summed E-state index contributed by atoms with van der Waals surface area (Å²) in [4.78, 5) is 12.0. The molecule has 2 rings (SSSR count). The number of carbonyl (C=O) groups excluding carboxylic acids is 1. The van der Waals surface area contributed by atoms with Crippen molar-refractivity contribution in [1.82, 2.24) is 0 Å². The normalized spacial score (nSPS) is 10.1. The van der Waals surface area contributed by atoms with Crippen molar-refractivity contribution in [3.63, 3.8) is 0 Å². The van der Waals surface area contributed by atoms with Gasteiger partial charge in [0.15, 0.2) is 6.61 Å². The van der Waals surface area contributed by atoms with Gasteiger partial charge in [-0.25, -0.2) is 0 Å². The standard InChI is InChI=1S/C19H20ClNO3/c1-13(2)11-23-16-6-4-5-15(10-16)21-19(22)12-24-17-7-8-18(20)14(3)9-17/h4-10H,1,11-12H2,2-3H3,(H,21,22). The summed E-state index contributed by atoms with van der Waals surface area (Å²) in [7, 11) is 0. The maximum absolute atomic E-state index is 12.0. The zero-order chi connectivity index (χ0) is 17.5. The molecule has 5 heteroatoms. The van der Waals surface area contributed by atoms with Crippen molar-refractivity contribution in [2.45, 2.75) is 13.8 Å². The van der Waals surface area contributed by atoms with Crippen molar-refractivity contribution >= 4 is 23.2 Å². The lowest BCUT2D eigenvalue weighted by molar-refractivity contribution is -0.118. The fraction of sp³-hybridized carbons (Fsp3) is 0.211. The van der Waals surface area contributed by atoms with Crippen LogP contribution in [0.15, 0.2) is 54.6 Å². The monoisotopic (exact) mass is 345 g/mol. The number of anilines is 1. The van der Waals surface area contributed by atoms with Gasteiger partial charge < -0.3 is 14.8 Å². The summed E-state index contributed by atoms with van der Waals surface area (Å²) >= 11 is 5.96. The van der Waals surface area contributed by atoms with Crippen LogP contribution in [0.25, 0.3) is 0 Å². The summed E-state index contributed by atoms with van der Waals surface area (Å²) in [6, 6.07) is 12.5. The number of rotatable bonds is 7. The maximum Gasteiger partial charge on any atom is 0.262 e. The SMILES string of the molecule is C=C(C)COc1cccc(NC(=O)COc2ccc(Cl)c(C)c2)c1. The molecule has 1 amide bonds. The molecule has 0 spiro atoms. The first-order valence-electron chi connectivity index (χ1n) is 7.50. The molecule has 1 N–H and O–H groups in total. The Morgan fingerprint density at radius 3 is 2.54 bits per heavy atom. The largest absolute Gasteiger partial charge is 0.489 e. The van der Waals surface area contributed by atoms with Crippen LogP contribution in [0.4, 0.5) is 5.69 Å². The second-order valence-corrected chi connectivity index (χ2v) is 5.93. The smallest absolute Gasteiger partial charge is 0.262 e. The molecule has 2 aromatic rings. The van der Waals surface area contributed by atoms with E-state index in [9.17, 15) is 4.79 Å². The Bertz CT molecular complexity index is 743. The minimum Gasteiger partial charge on any atom is -0.489 e. The highest BCUT2D eigenvalue weighted by Crippen LogP contribution is 2.21. The molecule has 0 bridgehead atoms. The molecule has 0 aliphatic rings. The molecule has 126 valence electrons. The highest BCUT2D eigenvalue weighted by atomic mass is 35.5. The first-order valence-corrected chi connectivity index (χ1v) is 7.88. The molecule has 0 atom stereocenters. The van der Waals surface area contributed by atoms with E-state index in [0.717, 1.165) is 11.1 Å². The molecule has 0 radical (unpaired) electrons. The van der Waals surface area contributed by atoms with Gasteiger partial charge in [-0.05, 0) is 55.3 Å². The Morgan fingerprint density at radius 2 is 1.83 bits per heavy atom. The molecular formula is C19H20ClNO3. The van der Waals surface area contributed by atoms with Gasteiger partial charge in [-0.3, -0.25) is 4.79 Å². The number of nitrogens with one attached hydrogen (secondary N) is 1. The van der Waals surface area contributed by atoms with E-state index >= 15 is 0 Å². The molecule has 0 aromatic heterocycles. The summed E-state index contributed by atoms with van der Waals surface area (Å²) in [5, 5.41) is 3.44. The zero-order valence-corrected chi connectivity index (χ0v) is 14.5. The Kier molecular flexibility index (Phi) is 6.27. The third kappa shape index (κ3) is 5.63. The van der Waals surface area contributed by atoms with Gasteiger partial charge in [0, 0.05) is 16.8 Å². The first kappa shape index (κ1) is 17.9. The Hall–Kier alpha value is -2.46. The summed E-state index contributed by atoms with van der Waals surface area (Å²) in [6.45, 7) is 7.91. The van der Waals surface area contributed by atoms with Crippen molar-refractivity contribution in [2.75, 3.05) is 18.5 Å². The van der Waals surface area contributed by atoms with Crippen LogP contribution in [0.1, 0.15) is 12.5 Å². The number of aryl methyl sites for hydroxylation is 1.